The molecule has 2 aromatic heterocycles. The van der Waals surface area contributed by atoms with E-state index < -0.39 is 53.2 Å². The number of aliphatic hydroxyl groups is 2. The van der Waals surface area contributed by atoms with Gasteiger partial charge in [0.15, 0.2) is 27.2 Å². The molecule has 0 unspecified atom stereocenters. The molecule has 1 saturated heterocycles. The molecule has 4 atom stereocenters. The van der Waals surface area contributed by atoms with Crippen LogP contribution in [0.4, 0.5) is 5.69 Å². The molecular formula is C17H24ClN4O8PS. The standard InChI is InChI=1S/C17H24ClN4O8PS/c18-13-5-11(20-9-3-1-2-4-9)10-6-19-22(16(10)21-13)17-15(24)14(23)12(30-17)7-32(28,29)8-31(25,26)27/h5-6,9,12,14-15,17,23-24H,1-4,7-8H2,(H,20,21)(H2,25,26,27)/t12-,14-,15-,17-/m1/s1. The molecule has 2 aromatic rings. The molecule has 0 spiro atoms. The summed E-state index contributed by atoms with van der Waals surface area (Å²) in [5.41, 5.74) is -0.397. The van der Waals surface area contributed by atoms with Crippen LogP contribution in [0.5, 0.6) is 0 Å². The zero-order valence-electron chi connectivity index (χ0n) is 16.8. The van der Waals surface area contributed by atoms with E-state index in [0.717, 1.165) is 25.7 Å². The summed E-state index contributed by atoms with van der Waals surface area (Å²) in [5, 5.41) is 29.3. The van der Waals surface area contributed by atoms with Crippen molar-refractivity contribution in [2.45, 2.75) is 56.3 Å². The summed E-state index contributed by atoms with van der Waals surface area (Å²) >= 11 is 6.19. The summed E-state index contributed by atoms with van der Waals surface area (Å²) in [6.07, 6.45) is -0.0498. The minimum absolute atomic E-state index is 0.175. The number of aliphatic hydroxyl groups excluding tert-OH is 2. The molecule has 3 heterocycles. The van der Waals surface area contributed by atoms with Crippen molar-refractivity contribution >= 4 is 45.8 Å². The van der Waals surface area contributed by atoms with Crippen LogP contribution in [0.25, 0.3) is 11.0 Å². The van der Waals surface area contributed by atoms with Gasteiger partial charge in [-0.15, -0.1) is 0 Å². The maximum atomic E-state index is 12.1. The second-order valence-electron chi connectivity index (χ2n) is 8.19. The first kappa shape index (κ1) is 23.8. The molecule has 178 valence electrons. The summed E-state index contributed by atoms with van der Waals surface area (Å²) < 4.78 is 42.0. The van der Waals surface area contributed by atoms with Gasteiger partial charge in [0, 0.05) is 6.04 Å². The summed E-state index contributed by atoms with van der Waals surface area (Å²) in [6, 6.07) is 1.96. The number of fused-ring (bicyclic) bond motifs is 1. The van der Waals surface area contributed by atoms with Crippen LogP contribution in [-0.4, -0.2) is 78.8 Å². The Bertz CT molecular complexity index is 1150. The number of pyridine rings is 1. The second-order valence-corrected chi connectivity index (χ2v) is 12.8. The van der Waals surface area contributed by atoms with Gasteiger partial charge in [-0.25, -0.2) is 18.1 Å². The van der Waals surface area contributed by atoms with Crippen molar-refractivity contribution in [1.29, 1.82) is 0 Å². The molecule has 0 amide bonds. The predicted molar refractivity (Wildman–Crippen MR) is 115 cm³/mol. The molecule has 4 rings (SSSR count). The summed E-state index contributed by atoms with van der Waals surface area (Å²) in [7, 11) is -9.11. The average molecular weight is 511 g/mol. The van der Waals surface area contributed by atoms with Crippen LogP contribution in [0.15, 0.2) is 12.3 Å². The lowest BCUT2D eigenvalue weighted by Crippen LogP contribution is -2.36. The number of sulfone groups is 1. The normalized spacial score (nSPS) is 27.4. The molecule has 5 N–H and O–H groups in total. The van der Waals surface area contributed by atoms with E-state index in [1.54, 1.807) is 6.07 Å². The van der Waals surface area contributed by atoms with Gasteiger partial charge >= 0.3 is 7.60 Å². The maximum absolute atomic E-state index is 12.1. The average Bonchev–Trinajstić information content (AvgIpc) is 3.36. The third-order valence-electron chi connectivity index (χ3n) is 5.61. The van der Waals surface area contributed by atoms with Gasteiger partial charge in [-0.1, -0.05) is 24.4 Å². The Kier molecular flexibility index (Phi) is 6.56. The molecule has 1 aliphatic heterocycles. The molecule has 2 fully saturated rings. The maximum Gasteiger partial charge on any atom is 0.340 e. The summed E-state index contributed by atoms with van der Waals surface area (Å²) in [6.45, 7) is 0. The van der Waals surface area contributed by atoms with Crippen LogP contribution in [0.1, 0.15) is 31.9 Å². The number of hydrogen-bond acceptors (Lipinski definition) is 9. The third-order valence-corrected chi connectivity index (χ3v) is 9.56. The molecule has 1 saturated carbocycles. The number of rotatable bonds is 7. The van der Waals surface area contributed by atoms with Crippen LogP contribution < -0.4 is 5.32 Å². The van der Waals surface area contributed by atoms with Crippen molar-refractivity contribution in [2.24, 2.45) is 0 Å². The first-order valence-electron chi connectivity index (χ1n) is 10.0. The van der Waals surface area contributed by atoms with Gasteiger partial charge in [-0.05, 0) is 18.9 Å². The fourth-order valence-corrected chi connectivity index (χ4v) is 7.65. The Hall–Kier alpha value is -1.31. The highest BCUT2D eigenvalue weighted by Gasteiger charge is 2.47. The van der Waals surface area contributed by atoms with Crippen LogP contribution >= 0.6 is 19.2 Å². The van der Waals surface area contributed by atoms with Crippen molar-refractivity contribution in [3.05, 3.63) is 17.4 Å². The van der Waals surface area contributed by atoms with Gasteiger partial charge < -0.3 is 30.1 Å². The lowest BCUT2D eigenvalue weighted by molar-refractivity contribution is -0.0364. The number of aromatic nitrogens is 3. The highest BCUT2D eigenvalue weighted by molar-refractivity contribution is 7.97. The van der Waals surface area contributed by atoms with Gasteiger partial charge in [0.25, 0.3) is 0 Å². The largest absolute Gasteiger partial charge is 0.387 e. The molecule has 1 aliphatic carbocycles. The van der Waals surface area contributed by atoms with Crippen LogP contribution in [-0.2, 0) is 19.1 Å². The SMILES string of the molecule is O=P(O)(O)CS(=O)(=O)C[C@H]1O[C@@H](n2ncc3c(NC4CCCC4)cc(Cl)nc32)[C@H](O)[C@@H]1O. The highest BCUT2D eigenvalue weighted by atomic mass is 35.5. The van der Waals surface area contributed by atoms with Gasteiger partial charge in [0.2, 0.25) is 0 Å². The van der Waals surface area contributed by atoms with Crippen molar-refractivity contribution in [3.63, 3.8) is 0 Å². The van der Waals surface area contributed by atoms with E-state index in [4.69, 9.17) is 26.1 Å². The zero-order chi connectivity index (χ0) is 23.3. The van der Waals surface area contributed by atoms with Crippen molar-refractivity contribution in [2.75, 3.05) is 16.6 Å². The highest BCUT2D eigenvalue weighted by Crippen LogP contribution is 2.38. The minimum Gasteiger partial charge on any atom is -0.387 e. The number of nitrogens with one attached hydrogen (secondary N) is 1. The summed E-state index contributed by atoms with van der Waals surface area (Å²) in [5.74, 6) is -0.880. The van der Waals surface area contributed by atoms with Crippen molar-refractivity contribution in [1.82, 2.24) is 14.8 Å². The Labute approximate surface area is 188 Å². The quantitative estimate of drug-likeness (QED) is 0.259. The number of ether oxygens (including phenoxy) is 1. The van der Waals surface area contributed by atoms with E-state index in [1.807, 2.05) is 0 Å². The lowest BCUT2D eigenvalue weighted by atomic mass is 10.1. The molecule has 0 bridgehead atoms. The molecule has 0 aromatic carbocycles. The number of hydrogen-bond donors (Lipinski definition) is 5. The topological polar surface area (TPSA) is 184 Å². The van der Waals surface area contributed by atoms with E-state index in [2.05, 4.69) is 15.4 Å². The van der Waals surface area contributed by atoms with E-state index in [1.165, 1.54) is 10.9 Å². The monoisotopic (exact) mass is 510 g/mol. The Morgan fingerprint density at radius 3 is 2.59 bits per heavy atom. The lowest BCUT2D eigenvalue weighted by Gasteiger charge is -2.17. The van der Waals surface area contributed by atoms with Crippen LogP contribution in [0, 0.1) is 0 Å². The second kappa shape index (κ2) is 8.80. The number of nitrogens with zero attached hydrogens (tertiary/aromatic N) is 3. The van der Waals surface area contributed by atoms with Gasteiger partial charge in [-0.3, -0.25) is 4.57 Å². The Balaban J connectivity index is 1.60. The fraction of sp³-hybridized carbons (Fsp3) is 0.647. The zero-order valence-corrected chi connectivity index (χ0v) is 19.2. The molecule has 2 aliphatic rings. The van der Waals surface area contributed by atoms with Crippen LogP contribution in [0.2, 0.25) is 5.15 Å². The predicted octanol–water partition coefficient (Wildman–Crippen LogP) is 0.608. The van der Waals surface area contributed by atoms with Crippen molar-refractivity contribution < 1.29 is 37.7 Å². The molecule has 0 radical (unpaired) electrons. The molecule has 32 heavy (non-hydrogen) atoms. The van der Waals surface area contributed by atoms with Gasteiger partial charge in [0.05, 0.1) is 23.0 Å². The Morgan fingerprint density at radius 1 is 1.25 bits per heavy atom. The van der Waals surface area contributed by atoms with E-state index in [-0.39, 0.29) is 10.8 Å². The Morgan fingerprint density at radius 2 is 1.94 bits per heavy atom. The van der Waals surface area contributed by atoms with Gasteiger partial charge in [-0.2, -0.15) is 5.10 Å². The summed E-state index contributed by atoms with van der Waals surface area (Å²) in [4.78, 5) is 22.2. The van der Waals surface area contributed by atoms with E-state index in [9.17, 15) is 23.2 Å². The molecular weight excluding hydrogens is 487 g/mol. The number of halogens is 1. The fourth-order valence-electron chi connectivity index (χ4n) is 4.21. The molecule has 12 nitrogen and oxygen atoms in total. The van der Waals surface area contributed by atoms with Gasteiger partial charge in [0.1, 0.15) is 23.5 Å². The molecule has 15 heteroatoms. The first-order chi connectivity index (χ1) is 14.9. The first-order valence-corrected chi connectivity index (χ1v) is 14.0. The number of anilines is 1. The van der Waals surface area contributed by atoms with E-state index in [0.29, 0.717) is 17.1 Å². The third kappa shape index (κ3) is 5.10. The van der Waals surface area contributed by atoms with E-state index >= 15 is 0 Å². The van der Waals surface area contributed by atoms with Crippen LogP contribution in [0.3, 0.4) is 0 Å². The minimum atomic E-state index is -4.84. The van der Waals surface area contributed by atoms with Crippen molar-refractivity contribution in [3.8, 4) is 0 Å². The smallest absolute Gasteiger partial charge is 0.340 e.